The molecule has 0 spiro atoms. The monoisotopic (exact) mass is 457 g/mol. The summed E-state index contributed by atoms with van der Waals surface area (Å²) in [6, 6.07) is 18.5. The molecule has 0 amide bonds. The summed E-state index contributed by atoms with van der Waals surface area (Å²) in [5, 5.41) is 14.9. The maximum atomic E-state index is 12.8. The van der Waals surface area contributed by atoms with Crippen LogP contribution in [0.5, 0.6) is 5.75 Å². The molecule has 0 radical (unpaired) electrons. The Morgan fingerprint density at radius 2 is 1.61 bits per heavy atom. The molecule has 3 aromatic rings. The standard InChI is InChI=1S/C21H19BrN2O3S/c1-14-13-20(25)15(2)12-19(14)23-21(16-6-4-3-5-7-16)24-28(26,27)18-10-8-17(22)9-11-18/h3-13,25H,1-2H3,(H,23,24)/p-1. The van der Waals surface area contributed by atoms with Crippen LogP contribution in [-0.4, -0.2) is 14.3 Å². The van der Waals surface area contributed by atoms with E-state index >= 15 is 0 Å². The van der Waals surface area contributed by atoms with Crippen LogP contribution in [0.25, 0.3) is 0 Å². The van der Waals surface area contributed by atoms with Gasteiger partial charge in [0.05, 0.1) is 4.90 Å². The number of nitrogens with zero attached hydrogens (tertiary/aromatic N) is 1. The summed E-state index contributed by atoms with van der Waals surface area (Å²) in [7, 11) is -3.93. The average molecular weight is 458 g/mol. The van der Waals surface area contributed by atoms with Crippen molar-refractivity contribution in [1.82, 2.24) is 0 Å². The molecule has 28 heavy (non-hydrogen) atoms. The zero-order chi connectivity index (χ0) is 20.3. The van der Waals surface area contributed by atoms with E-state index in [4.69, 9.17) is 0 Å². The first-order valence-electron chi connectivity index (χ1n) is 8.47. The van der Waals surface area contributed by atoms with Gasteiger partial charge in [0.15, 0.2) is 5.84 Å². The topological polar surface area (TPSA) is 81.6 Å². The van der Waals surface area contributed by atoms with Crippen molar-refractivity contribution in [2.45, 2.75) is 18.7 Å². The lowest BCUT2D eigenvalue weighted by molar-refractivity contribution is -0.269. The lowest BCUT2D eigenvalue weighted by Crippen LogP contribution is -2.17. The van der Waals surface area contributed by atoms with Gasteiger partial charge in [0.25, 0.3) is 10.0 Å². The summed E-state index contributed by atoms with van der Waals surface area (Å²) in [5.74, 6) is 0.119. The average Bonchev–Trinajstić information content (AvgIpc) is 2.66. The number of nitrogens with one attached hydrogen (secondary N) is 1. The van der Waals surface area contributed by atoms with Gasteiger partial charge in [0, 0.05) is 15.7 Å². The Morgan fingerprint density at radius 1 is 0.964 bits per heavy atom. The maximum absolute atomic E-state index is 12.8. The van der Waals surface area contributed by atoms with Crippen LogP contribution in [0, 0.1) is 13.8 Å². The third kappa shape index (κ3) is 4.61. The molecule has 7 heteroatoms. The molecule has 5 nitrogen and oxygen atoms in total. The van der Waals surface area contributed by atoms with Gasteiger partial charge in [-0.25, -0.2) is 0 Å². The Bertz CT molecular complexity index is 1130. The van der Waals surface area contributed by atoms with Crippen LogP contribution >= 0.6 is 15.9 Å². The van der Waals surface area contributed by atoms with Gasteiger partial charge in [0.1, 0.15) is 0 Å². The highest BCUT2D eigenvalue weighted by Crippen LogP contribution is 2.25. The lowest BCUT2D eigenvalue weighted by atomic mass is 10.1. The van der Waals surface area contributed by atoms with Crippen molar-refractivity contribution >= 4 is 37.5 Å². The van der Waals surface area contributed by atoms with Crippen LogP contribution in [-0.2, 0) is 10.0 Å². The second-order valence-corrected chi connectivity index (χ2v) is 8.81. The molecule has 0 unspecified atom stereocenters. The Hall–Kier alpha value is -2.64. The highest BCUT2D eigenvalue weighted by molar-refractivity contribution is 9.10. The second kappa shape index (κ2) is 8.16. The van der Waals surface area contributed by atoms with Crippen LogP contribution in [0.15, 0.2) is 80.5 Å². The number of amidine groups is 1. The third-order valence-corrected chi connectivity index (χ3v) is 5.96. The summed E-state index contributed by atoms with van der Waals surface area (Å²) >= 11 is 3.30. The van der Waals surface area contributed by atoms with Crippen LogP contribution in [0.1, 0.15) is 16.7 Å². The van der Waals surface area contributed by atoms with Crippen molar-refractivity contribution in [2.75, 3.05) is 5.32 Å². The number of rotatable bonds is 4. The Morgan fingerprint density at radius 3 is 2.25 bits per heavy atom. The Balaban J connectivity index is 2.09. The predicted molar refractivity (Wildman–Crippen MR) is 113 cm³/mol. The molecular formula is C21H18BrN2O3S-. The highest BCUT2D eigenvalue weighted by Gasteiger charge is 2.16. The Kier molecular flexibility index (Phi) is 5.86. The largest absolute Gasteiger partial charge is 0.872 e. The van der Waals surface area contributed by atoms with E-state index in [0.29, 0.717) is 22.4 Å². The molecule has 0 heterocycles. The van der Waals surface area contributed by atoms with Crippen molar-refractivity contribution in [2.24, 2.45) is 4.40 Å². The number of halogens is 1. The molecule has 0 aliphatic heterocycles. The first-order valence-corrected chi connectivity index (χ1v) is 10.7. The molecule has 3 rings (SSSR count). The third-order valence-electron chi connectivity index (χ3n) is 4.15. The van der Waals surface area contributed by atoms with Crippen LogP contribution < -0.4 is 10.4 Å². The number of anilines is 1. The molecule has 0 saturated heterocycles. The fourth-order valence-electron chi connectivity index (χ4n) is 2.58. The van der Waals surface area contributed by atoms with Crippen LogP contribution in [0.4, 0.5) is 5.69 Å². The molecule has 3 aromatic carbocycles. The van der Waals surface area contributed by atoms with E-state index in [1.54, 1.807) is 56.3 Å². The first kappa shape index (κ1) is 20.1. The van der Waals surface area contributed by atoms with Crippen molar-refractivity contribution < 1.29 is 13.5 Å². The first-order chi connectivity index (χ1) is 13.3. The minimum atomic E-state index is -3.93. The minimum Gasteiger partial charge on any atom is -0.872 e. The van der Waals surface area contributed by atoms with Gasteiger partial charge >= 0.3 is 0 Å². The van der Waals surface area contributed by atoms with E-state index in [9.17, 15) is 13.5 Å². The van der Waals surface area contributed by atoms with Crippen LogP contribution in [0.2, 0.25) is 0 Å². The summed E-state index contributed by atoms with van der Waals surface area (Å²) in [6.07, 6.45) is 0. The highest BCUT2D eigenvalue weighted by atomic mass is 79.9. The summed E-state index contributed by atoms with van der Waals surface area (Å²) in [4.78, 5) is 0.0914. The van der Waals surface area contributed by atoms with E-state index in [-0.39, 0.29) is 16.5 Å². The van der Waals surface area contributed by atoms with E-state index in [1.165, 1.54) is 18.2 Å². The fraction of sp³-hybridized carbons (Fsp3) is 0.0952. The SMILES string of the molecule is Cc1cc(NC(=NS(=O)(=O)c2ccc(Br)cc2)c2ccccc2)c(C)cc1[O-]. The van der Waals surface area contributed by atoms with Gasteiger partial charge in [-0.05, 0) is 49.7 Å². The van der Waals surface area contributed by atoms with Crippen molar-refractivity contribution in [3.63, 3.8) is 0 Å². The molecule has 0 atom stereocenters. The van der Waals surface area contributed by atoms with Crippen molar-refractivity contribution in [1.29, 1.82) is 0 Å². The molecule has 0 saturated carbocycles. The smallest absolute Gasteiger partial charge is 0.284 e. The molecule has 144 valence electrons. The molecule has 1 N–H and O–H groups in total. The van der Waals surface area contributed by atoms with E-state index in [1.807, 2.05) is 6.07 Å². The van der Waals surface area contributed by atoms with Gasteiger partial charge in [-0.1, -0.05) is 57.9 Å². The molecule has 0 fully saturated rings. The molecule has 0 aliphatic rings. The number of benzene rings is 3. The molecule has 0 aromatic heterocycles. The van der Waals surface area contributed by atoms with Gasteiger partial charge in [0.2, 0.25) is 0 Å². The van der Waals surface area contributed by atoms with E-state index in [2.05, 4.69) is 25.6 Å². The predicted octanol–water partition coefficient (Wildman–Crippen LogP) is 4.39. The number of hydrogen-bond acceptors (Lipinski definition) is 3. The quantitative estimate of drug-likeness (QED) is 0.465. The zero-order valence-electron chi connectivity index (χ0n) is 15.3. The van der Waals surface area contributed by atoms with Crippen LogP contribution in [0.3, 0.4) is 0 Å². The molecule has 0 aliphatic carbocycles. The fourth-order valence-corrected chi connectivity index (χ4v) is 3.82. The van der Waals surface area contributed by atoms with Crippen molar-refractivity contribution in [3.8, 4) is 5.75 Å². The maximum Gasteiger partial charge on any atom is 0.284 e. The summed E-state index contributed by atoms with van der Waals surface area (Å²) < 4.78 is 30.5. The number of aryl methyl sites for hydroxylation is 2. The second-order valence-electron chi connectivity index (χ2n) is 6.29. The molecule has 0 bridgehead atoms. The minimum absolute atomic E-state index is 0.0660. The number of hydrogen-bond donors (Lipinski definition) is 1. The number of sulfonamides is 1. The molecular weight excluding hydrogens is 440 g/mol. The summed E-state index contributed by atoms with van der Waals surface area (Å²) in [6.45, 7) is 3.50. The summed E-state index contributed by atoms with van der Waals surface area (Å²) in [5.41, 5.74) is 2.52. The van der Waals surface area contributed by atoms with E-state index in [0.717, 1.165) is 4.47 Å². The van der Waals surface area contributed by atoms with Gasteiger partial charge in [-0.15, -0.1) is 10.1 Å². The van der Waals surface area contributed by atoms with Gasteiger partial charge in [-0.2, -0.15) is 8.42 Å². The van der Waals surface area contributed by atoms with E-state index < -0.39 is 10.0 Å². The Labute approximate surface area is 173 Å². The van der Waals surface area contributed by atoms with Gasteiger partial charge in [-0.3, -0.25) is 0 Å². The lowest BCUT2D eigenvalue weighted by Gasteiger charge is -2.17. The van der Waals surface area contributed by atoms with Crippen molar-refractivity contribution in [3.05, 3.63) is 87.9 Å². The van der Waals surface area contributed by atoms with Gasteiger partial charge < -0.3 is 10.4 Å². The zero-order valence-corrected chi connectivity index (χ0v) is 17.7. The normalized spacial score (nSPS) is 12.0.